The number of benzene rings is 6. The molecule has 2 aliphatic heterocycles. The highest BCUT2D eigenvalue weighted by Gasteiger charge is 2.57. The molecule has 1 aliphatic carbocycles. The molecule has 2 atom stereocenters. The normalized spacial score (nSPS) is 19.0. The van der Waals surface area contributed by atoms with Gasteiger partial charge in [-0.1, -0.05) is 157 Å². The third-order valence-electron chi connectivity index (χ3n) is 10.1. The number of rotatable bonds is 6. The van der Waals surface area contributed by atoms with Crippen molar-refractivity contribution < 1.29 is 0 Å². The SMILES string of the molecule is Clc1ccc(C2=C(C3(C4=C(c5ccc(Cl)cc5)NNC4c4ccccc4)c4ccccc4-c4ccccc43)C(c3ccccc3)NN2)cc1. The van der Waals surface area contributed by atoms with Crippen molar-refractivity contribution in [1.82, 2.24) is 21.7 Å². The molecule has 4 nitrogen and oxygen atoms in total. The van der Waals surface area contributed by atoms with E-state index < -0.39 is 5.41 Å². The fourth-order valence-corrected chi connectivity index (χ4v) is 8.36. The molecule has 3 aliphatic rings. The predicted molar refractivity (Wildman–Crippen MR) is 200 cm³/mol. The van der Waals surface area contributed by atoms with E-state index in [1.165, 1.54) is 44.5 Å². The lowest BCUT2D eigenvalue weighted by Crippen LogP contribution is -2.38. The van der Waals surface area contributed by atoms with Gasteiger partial charge in [-0.05, 0) is 79.9 Å². The largest absolute Gasteiger partial charge is 0.320 e. The van der Waals surface area contributed by atoms with Crippen LogP contribution >= 0.6 is 23.2 Å². The molecule has 0 aromatic heterocycles. The fourth-order valence-electron chi connectivity index (χ4n) is 8.10. The third kappa shape index (κ3) is 4.75. The summed E-state index contributed by atoms with van der Waals surface area (Å²) in [4.78, 5) is 0. The van der Waals surface area contributed by atoms with E-state index in [1.807, 2.05) is 24.3 Å². The Bertz CT molecular complexity index is 2080. The van der Waals surface area contributed by atoms with Crippen LogP contribution in [0.15, 0.2) is 169 Å². The van der Waals surface area contributed by atoms with Crippen LogP contribution in [0.2, 0.25) is 10.0 Å². The molecular weight excluding hydrogens is 643 g/mol. The summed E-state index contributed by atoms with van der Waals surface area (Å²) in [6.07, 6.45) is 0. The number of hydrogen-bond acceptors (Lipinski definition) is 4. The van der Waals surface area contributed by atoms with Crippen molar-refractivity contribution in [2.45, 2.75) is 17.5 Å². The highest BCUT2D eigenvalue weighted by atomic mass is 35.5. The minimum absolute atomic E-state index is 0.179. The molecule has 4 N–H and O–H groups in total. The molecule has 2 heterocycles. The summed E-state index contributed by atoms with van der Waals surface area (Å²) in [5.41, 5.74) is 28.0. The van der Waals surface area contributed by atoms with Crippen molar-refractivity contribution in [3.63, 3.8) is 0 Å². The highest BCUT2D eigenvalue weighted by Crippen LogP contribution is 2.64. The topological polar surface area (TPSA) is 48.1 Å². The molecule has 0 fully saturated rings. The Morgan fingerprint density at radius 3 is 1.18 bits per heavy atom. The average Bonchev–Trinajstić information content (AvgIpc) is 3.87. The lowest BCUT2D eigenvalue weighted by atomic mass is 9.60. The molecule has 0 spiro atoms. The number of hydrogen-bond donors (Lipinski definition) is 4. The van der Waals surface area contributed by atoms with Crippen LogP contribution in [0.4, 0.5) is 0 Å². The number of fused-ring (bicyclic) bond motifs is 3. The maximum absolute atomic E-state index is 6.47. The Balaban J connectivity index is 1.47. The van der Waals surface area contributed by atoms with Crippen molar-refractivity contribution >= 4 is 34.6 Å². The van der Waals surface area contributed by atoms with E-state index in [4.69, 9.17) is 23.2 Å². The van der Waals surface area contributed by atoms with Crippen molar-refractivity contribution in [2.75, 3.05) is 0 Å². The molecule has 0 bridgehead atoms. The van der Waals surface area contributed by atoms with Crippen molar-refractivity contribution in [3.8, 4) is 11.1 Å². The monoisotopic (exact) mass is 674 g/mol. The van der Waals surface area contributed by atoms with Crippen molar-refractivity contribution in [2.24, 2.45) is 0 Å². The summed E-state index contributed by atoms with van der Waals surface area (Å²) in [6.45, 7) is 0. The summed E-state index contributed by atoms with van der Waals surface area (Å²) in [7, 11) is 0. The predicted octanol–water partition coefficient (Wildman–Crippen LogP) is 9.78. The van der Waals surface area contributed by atoms with E-state index in [0.29, 0.717) is 10.0 Å². The maximum Gasteiger partial charge on any atom is 0.0758 e. The van der Waals surface area contributed by atoms with E-state index in [9.17, 15) is 0 Å². The third-order valence-corrected chi connectivity index (χ3v) is 10.6. The van der Waals surface area contributed by atoms with E-state index >= 15 is 0 Å². The zero-order valence-corrected chi connectivity index (χ0v) is 27.9. The zero-order valence-electron chi connectivity index (χ0n) is 26.4. The first-order chi connectivity index (χ1) is 24.1. The Morgan fingerprint density at radius 1 is 0.408 bits per heavy atom. The Hall–Kier alpha value is -5.10. The molecule has 0 amide bonds. The minimum Gasteiger partial charge on any atom is -0.320 e. The van der Waals surface area contributed by atoms with E-state index in [1.54, 1.807) is 0 Å². The van der Waals surface area contributed by atoms with Gasteiger partial charge >= 0.3 is 0 Å². The molecule has 0 saturated heterocycles. The molecule has 49 heavy (non-hydrogen) atoms. The molecule has 2 unspecified atom stereocenters. The second-order valence-electron chi connectivity index (χ2n) is 12.7. The van der Waals surface area contributed by atoms with Gasteiger partial charge < -0.3 is 10.9 Å². The number of halogens is 2. The first-order valence-electron chi connectivity index (χ1n) is 16.5. The first kappa shape index (κ1) is 30.0. The van der Waals surface area contributed by atoms with E-state index in [-0.39, 0.29) is 12.1 Å². The second kappa shape index (κ2) is 12.1. The van der Waals surface area contributed by atoms with Crippen LogP contribution in [0, 0.1) is 0 Å². The Labute approximate surface area is 296 Å². The standard InChI is InChI=1S/C43H32Cl2N4/c44-31-23-19-29(20-24-31)41-37(39(46-48-41)27-11-3-1-4-12-27)43(35-17-9-7-15-33(35)34-16-8-10-18-36(34)43)38-40(28-13-5-2-6-14-28)47-49-42(38)30-21-25-32(45)26-22-30/h1-26,39-40,46-49H. The summed E-state index contributed by atoms with van der Waals surface area (Å²) in [5, 5.41) is 1.40. The summed E-state index contributed by atoms with van der Waals surface area (Å²) >= 11 is 12.9. The lowest BCUT2D eigenvalue weighted by Gasteiger charge is -2.41. The number of nitrogens with one attached hydrogen (secondary N) is 4. The van der Waals surface area contributed by atoms with Crippen LogP contribution < -0.4 is 21.7 Å². The van der Waals surface area contributed by atoms with Crippen LogP contribution in [0.1, 0.15) is 45.5 Å². The molecule has 6 aromatic carbocycles. The van der Waals surface area contributed by atoms with Gasteiger partial charge in [0.1, 0.15) is 0 Å². The average molecular weight is 676 g/mol. The second-order valence-corrected chi connectivity index (χ2v) is 13.5. The van der Waals surface area contributed by atoms with Gasteiger partial charge in [0.2, 0.25) is 0 Å². The highest BCUT2D eigenvalue weighted by molar-refractivity contribution is 6.30. The van der Waals surface area contributed by atoms with Gasteiger partial charge in [-0.2, -0.15) is 0 Å². The molecule has 9 rings (SSSR count). The number of hydrazine groups is 2. The van der Waals surface area contributed by atoms with Gasteiger partial charge in [0.15, 0.2) is 0 Å². The van der Waals surface area contributed by atoms with Gasteiger partial charge in [-0.15, -0.1) is 0 Å². The van der Waals surface area contributed by atoms with Gasteiger partial charge in [-0.25, -0.2) is 10.9 Å². The summed E-state index contributed by atoms with van der Waals surface area (Å²) < 4.78 is 0. The molecule has 6 aromatic rings. The van der Waals surface area contributed by atoms with E-state index in [0.717, 1.165) is 22.5 Å². The summed E-state index contributed by atoms with van der Waals surface area (Å²) in [5.74, 6) is 0. The van der Waals surface area contributed by atoms with Crippen LogP contribution in [0.5, 0.6) is 0 Å². The zero-order chi connectivity index (χ0) is 33.0. The van der Waals surface area contributed by atoms with Gasteiger partial charge in [0.25, 0.3) is 0 Å². The van der Waals surface area contributed by atoms with Crippen molar-refractivity contribution in [3.05, 3.63) is 212 Å². The van der Waals surface area contributed by atoms with E-state index in [2.05, 4.69) is 155 Å². The molecule has 0 radical (unpaired) electrons. The van der Waals surface area contributed by atoms with Gasteiger partial charge in [-0.3, -0.25) is 0 Å². The molecular formula is C43H32Cl2N4. The van der Waals surface area contributed by atoms with Crippen molar-refractivity contribution in [1.29, 1.82) is 0 Å². The van der Waals surface area contributed by atoms with Gasteiger partial charge in [0.05, 0.1) is 28.9 Å². The van der Waals surface area contributed by atoms with Crippen LogP contribution in [-0.2, 0) is 5.41 Å². The Morgan fingerprint density at radius 2 is 0.776 bits per heavy atom. The minimum atomic E-state index is -0.745. The summed E-state index contributed by atoms with van der Waals surface area (Å²) in [6, 6.07) is 55.1. The molecule has 0 saturated carbocycles. The molecule has 238 valence electrons. The van der Waals surface area contributed by atoms with Crippen LogP contribution in [-0.4, -0.2) is 0 Å². The first-order valence-corrected chi connectivity index (χ1v) is 17.2. The van der Waals surface area contributed by atoms with Gasteiger partial charge in [0, 0.05) is 10.0 Å². The lowest BCUT2D eigenvalue weighted by molar-refractivity contribution is 0.521. The Kier molecular flexibility index (Phi) is 7.41. The quantitative estimate of drug-likeness (QED) is 0.142. The van der Waals surface area contributed by atoms with Crippen LogP contribution in [0.25, 0.3) is 22.5 Å². The smallest absolute Gasteiger partial charge is 0.0758 e. The fraction of sp³-hybridized carbons (Fsp3) is 0.0698. The maximum atomic E-state index is 6.47. The van der Waals surface area contributed by atoms with Crippen LogP contribution in [0.3, 0.4) is 0 Å². The molecule has 6 heteroatoms.